The molecule has 1 aromatic heterocycles. The Morgan fingerprint density at radius 1 is 1.24 bits per heavy atom. The Bertz CT molecular complexity index is 609. The van der Waals surface area contributed by atoms with Crippen LogP contribution in [-0.2, 0) is 7.05 Å². The summed E-state index contributed by atoms with van der Waals surface area (Å²) in [6.07, 6.45) is 2.82. The van der Waals surface area contributed by atoms with E-state index < -0.39 is 0 Å². The summed E-state index contributed by atoms with van der Waals surface area (Å²) in [5, 5.41) is 7.27. The minimum absolute atomic E-state index is 0.112. The van der Waals surface area contributed by atoms with Crippen LogP contribution in [0.5, 0.6) is 0 Å². The summed E-state index contributed by atoms with van der Waals surface area (Å²) >= 11 is 0. The molecular formula is C17H23N3O. The van der Waals surface area contributed by atoms with Crippen molar-refractivity contribution < 1.29 is 4.79 Å². The van der Waals surface area contributed by atoms with Crippen LogP contribution >= 0.6 is 0 Å². The molecule has 0 aliphatic heterocycles. The average Bonchev–Trinajstić information content (AvgIpc) is 2.80. The van der Waals surface area contributed by atoms with E-state index in [1.807, 2.05) is 43.6 Å². The highest BCUT2D eigenvalue weighted by Crippen LogP contribution is 2.22. The SMILES string of the molecule is Cn1cc(-c2ccccc2)c(C(=O)NCCC(C)(C)C)n1. The molecule has 0 radical (unpaired) electrons. The second-order valence-corrected chi connectivity index (χ2v) is 6.50. The lowest BCUT2D eigenvalue weighted by atomic mass is 9.92. The highest BCUT2D eigenvalue weighted by Gasteiger charge is 2.18. The first-order valence-electron chi connectivity index (χ1n) is 7.24. The Balaban J connectivity index is 2.15. The summed E-state index contributed by atoms with van der Waals surface area (Å²) in [7, 11) is 1.83. The standard InChI is InChI=1S/C17H23N3O/c1-17(2,3)10-11-18-16(21)15-14(12-20(4)19-15)13-8-6-5-7-9-13/h5-9,12H,10-11H2,1-4H3,(H,18,21). The van der Waals surface area contributed by atoms with Crippen molar-refractivity contribution in [1.29, 1.82) is 0 Å². The van der Waals surface area contributed by atoms with Gasteiger partial charge in [-0.3, -0.25) is 9.48 Å². The number of aryl methyl sites for hydroxylation is 1. The van der Waals surface area contributed by atoms with Crippen molar-refractivity contribution in [2.24, 2.45) is 12.5 Å². The number of nitrogens with one attached hydrogen (secondary N) is 1. The zero-order valence-corrected chi connectivity index (χ0v) is 13.2. The topological polar surface area (TPSA) is 46.9 Å². The molecule has 4 heteroatoms. The van der Waals surface area contributed by atoms with Gasteiger partial charge in [-0.25, -0.2) is 0 Å². The van der Waals surface area contributed by atoms with Gasteiger partial charge in [0.25, 0.3) is 5.91 Å². The summed E-state index contributed by atoms with van der Waals surface area (Å²) in [5.41, 5.74) is 2.56. The Kier molecular flexibility index (Phi) is 4.46. The van der Waals surface area contributed by atoms with E-state index in [1.165, 1.54) is 0 Å². The van der Waals surface area contributed by atoms with Crippen molar-refractivity contribution in [3.05, 3.63) is 42.2 Å². The lowest BCUT2D eigenvalue weighted by Crippen LogP contribution is -2.28. The van der Waals surface area contributed by atoms with Gasteiger partial charge >= 0.3 is 0 Å². The molecule has 4 nitrogen and oxygen atoms in total. The summed E-state index contributed by atoms with van der Waals surface area (Å²) in [6, 6.07) is 9.86. The van der Waals surface area contributed by atoms with Crippen LogP contribution in [0.4, 0.5) is 0 Å². The van der Waals surface area contributed by atoms with Crippen LogP contribution in [0, 0.1) is 5.41 Å². The van der Waals surface area contributed by atoms with E-state index >= 15 is 0 Å². The summed E-state index contributed by atoms with van der Waals surface area (Å²) in [4.78, 5) is 12.4. The van der Waals surface area contributed by atoms with E-state index in [2.05, 4.69) is 31.2 Å². The highest BCUT2D eigenvalue weighted by atomic mass is 16.1. The van der Waals surface area contributed by atoms with Crippen LogP contribution in [0.25, 0.3) is 11.1 Å². The van der Waals surface area contributed by atoms with Gasteiger partial charge in [-0.2, -0.15) is 5.10 Å². The number of amides is 1. The van der Waals surface area contributed by atoms with Gasteiger partial charge in [0.1, 0.15) is 0 Å². The molecule has 0 saturated carbocycles. The van der Waals surface area contributed by atoms with E-state index in [-0.39, 0.29) is 11.3 Å². The van der Waals surface area contributed by atoms with Crippen LogP contribution in [-0.4, -0.2) is 22.2 Å². The van der Waals surface area contributed by atoms with Crippen molar-refractivity contribution in [3.63, 3.8) is 0 Å². The minimum atomic E-state index is -0.112. The van der Waals surface area contributed by atoms with Gasteiger partial charge in [-0.1, -0.05) is 51.1 Å². The molecule has 0 saturated heterocycles. The van der Waals surface area contributed by atoms with Gasteiger partial charge in [0, 0.05) is 25.4 Å². The predicted molar refractivity (Wildman–Crippen MR) is 85.0 cm³/mol. The van der Waals surface area contributed by atoms with E-state index in [0.717, 1.165) is 17.5 Å². The molecule has 2 rings (SSSR count). The Hall–Kier alpha value is -2.10. The third-order valence-corrected chi connectivity index (χ3v) is 3.29. The monoisotopic (exact) mass is 285 g/mol. The number of hydrogen-bond acceptors (Lipinski definition) is 2. The number of aromatic nitrogens is 2. The second-order valence-electron chi connectivity index (χ2n) is 6.50. The molecule has 0 aliphatic carbocycles. The van der Waals surface area contributed by atoms with Crippen LogP contribution in [0.3, 0.4) is 0 Å². The van der Waals surface area contributed by atoms with Gasteiger partial charge in [-0.05, 0) is 17.4 Å². The molecule has 1 amide bonds. The number of benzene rings is 1. The smallest absolute Gasteiger partial charge is 0.272 e. The third kappa shape index (κ3) is 4.18. The molecule has 0 aliphatic rings. The molecular weight excluding hydrogens is 262 g/mol. The molecule has 112 valence electrons. The largest absolute Gasteiger partial charge is 0.351 e. The minimum Gasteiger partial charge on any atom is -0.351 e. The maximum atomic E-state index is 12.4. The first-order valence-corrected chi connectivity index (χ1v) is 7.24. The van der Waals surface area contributed by atoms with Gasteiger partial charge in [0.15, 0.2) is 5.69 Å². The van der Waals surface area contributed by atoms with Crippen molar-refractivity contribution >= 4 is 5.91 Å². The fraction of sp³-hybridized carbons (Fsp3) is 0.412. The van der Waals surface area contributed by atoms with Crippen molar-refractivity contribution in [3.8, 4) is 11.1 Å². The fourth-order valence-electron chi connectivity index (χ4n) is 2.12. The van der Waals surface area contributed by atoms with E-state index in [9.17, 15) is 4.79 Å². The number of carbonyl (C=O) groups is 1. The molecule has 1 aromatic carbocycles. The van der Waals surface area contributed by atoms with Gasteiger partial charge in [0.05, 0.1) is 0 Å². The maximum Gasteiger partial charge on any atom is 0.272 e. The second kappa shape index (κ2) is 6.12. The molecule has 0 unspecified atom stereocenters. The molecule has 0 spiro atoms. The molecule has 1 N–H and O–H groups in total. The van der Waals surface area contributed by atoms with Crippen LogP contribution in [0.15, 0.2) is 36.5 Å². The van der Waals surface area contributed by atoms with Crippen LogP contribution < -0.4 is 5.32 Å². The van der Waals surface area contributed by atoms with E-state index in [0.29, 0.717) is 12.2 Å². The highest BCUT2D eigenvalue weighted by molar-refractivity contribution is 5.98. The van der Waals surface area contributed by atoms with E-state index in [1.54, 1.807) is 4.68 Å². The lowest BCUT2D eigenvalue weighted by molar-refractivity contribution is 0.0944. The van der Waals surface area contributed by atoms with Gasteiger partial charge in [0.2, 0.25) is 0 Å². The number of rotatable bonds is 4. The Morgan fingerprint density at radius 3 is 2.52 bits per heavy atom. The summed E-state index contributed by atoms with van der Waals surface area (Å²) < 4.78 is 1.68. The third-order valence-electron chi connectivity index (χ3n) is 3.29. The Morgan fingerprint density at radius 2 is 1.90 bits per heavy atom. The summed E-state index contributed by atoms with van der Waals surface area (Å²) in [6.45, 7) is 7.15. The first-order chi connectivity index (χ1) is 9.87. The van der Waals surface area contributed by atoms with E-state index in [4.69, 9.17) is 0 Å². The zero-order valence-electron chi connectivity index (χ0n) is 13.2. The predicted octanol–water partition coefficient (Wildman–Crippen LogP) is 3.25. The van der Waals surface area contributed by atoms with Gasteiger partial charge < -0.3 is 5.32 Å². The molecule has 1 heterocycles. The number of nitrogens with zero attached hydrogens (tertiary/aromatic N) is 2. The maximum absolute atomic E-state index is 12.4. The molecule has 0 bridgehead atoms. The fourth-order valence-corrected chi connectivity index (χ4v) is 2.12. The molecule has 0 fully saturated rings. The van der Waals surface area contributed by atoms with Crippen LogP contribution in [0.1, 0.15) is 37.7 Å². The first kappa shape index (κ1) is 15.3. The normalized spacial score (nSPS) is 11.4. The van der Waals surface area contributed by atoms with Crippen molar-refractivity contribution in [1.82, 2.24) is 15.1 Å². The molecule has 2 aromatic rings. The molecule has 0 atom stereocenters. The quantitative estimate of drug-likeness (QED) is 0.937. The number of carbonyl (C=O) groups excluding carboxylic acids is 1. The number of hydrogen-bond donors (Lipinski definition) is 1. The Labute approximate surface area is 126 Å². The van der Waals surface area contributed by atoms with Gasteiger partial charge in [-0.15, -0.1) is 0 Å². The van der Waals surface area contributed by atoms with Crippen molar-refractivity contribution in [2.75, 3.05) is 6.54 Å². The average molecular weight is 285 g/mol. The van der Waals surface area contributed by atoms with Crippen LogP contribution in [0.2, 0.25) is 0 Å². The summed E-state index contributed by atoms with van der Waals surface area (Å²) in [5.74, 6) is -0.112. The lowest BCUT2D eigenvalue weighted by Gasteiger charge is -2.17. The zero-order chi connectivity index (χ0) is 15.5. The van der Waals surface area contributed by atoms with Crippen molar-refractivity contribution in [2.45, 2.75) is 27.2 Å². The molecule has 21 heavy (non-hydrogen) atoms.